The monoisotopic (exact) mass is 414 g/mol. The van der Waals surface area contributed by atoms with Gasteiger partial charge in [-0.3, -0.25) is 0 Å². The first kappa shape index (κ1) is 20.5. The number of ether oxygens (including phenoxy) is 2. The zero-order chi connectivity index (χ0) is 21.3. The predicted molar refractivity (Wildman–Crippen MR) is 113 cm³/mol. The Kier molecular flexibility index (Phi) is 5.83. The number of pyridine rings is 1. The summed E-state index contributed by atoms with van der Waals surface area (Å²) in [6.07, 6.45) is 7.67. The number of hydrogen-bond donors (Lipinski definition) is 2. The largest absolute Gasteiger partial charge is 0.464 e. The summed E-state index contributed by atoms with van der Waals surface area (Å²) in [6.45, 7) is 5.99. The Labute approximate surface area is 176 Å². The molecule has 2 fully saturated rings. The van der Waals surface area contributed by atoms with Gasteiger partial charge in [0, 0.05) is 30.8 Å². The summed E-state index contributed by atoms with van der Waals surface area (Å²) < 4.78 is 12.9. The number of carbonyl (C=O) groups is 1. The van der Waals surface area contributed by atoms with Crippen LogP contribution in [0.4, 0.5) is 5.69 Å². The number of fused-ring (bicyclic) bond motifs is 1. The Morgan fingerprint density at radius 2 is 2.23 bits per heavy atom. The van der Waals surface area contributed by atoms with Crippen molar-refractivity contribution >= 4 is 17.3 Å². The lowest BCUT2D eigenvalue weighted by molar-refractivity contribution is -0.157. The summed E-state index contributed by atoms with van der Waals surface area (Å²) in [7, 11) is 0. The van der Waals surface area contributed by atoms with Crippen molar-refractivity contribution < 1.29 is 14.3 Å². The van der Waals surface area contributed by atoms with E-state index in [1.165, 1.54) is 23.4 Å². The van der Waals surface area contributed by atoms with Gasteiger partial charge in [0.15, 0.2) is 11.8 Å². The molecule has 0 bridgehead atoms. The predicted octanol–water partition coefficient (Wildman–Crippen LogP) is 1.48. The van der Waals surface area contributed by atoms with Gasteiger partial charge in [0.25, 0.3) is 0 Å². The van der Waals surface area contributed by atoms with Crippen molar-refractivity contribution in [3.63, 3.8) is 0 Å². The van der Waals surface area contributed by atoms with Crippen LogP contribution in [0.1, 0.15) is 43.9 Å². The van der Waals surface area contributed by atoms with Gasteiger partial charge in [-0.15, -0.1) is 0 Å². The van der Waals surface area contributed by atoms with E-state index in [2.05, 4.69) is 21.6 Å². The van der Waals surface area contributed by atoms with E-state index in [0.29, 0.717) is 44.5 Å². The maximum absolute atomic E-state index is 12.2. The molecule has 30 heavy (non-hydrogen) atoms. The van der Waals surface area contributed by atoms with Crippen molar-refractivity contribution in [2.45, 2.75) is 45.3 Å². The van der Waals surface area contributed by atoms with Crippen molar-refractivity contribution in [3.05, 3.63) is 41.6 Å². The third-order valence-electron chi connectivity index (χ3n) is 5.32. The molecule has 2 aliphatic rings. The van der Waals surface area contributed by atoms with E-state index in [4.69, 9.17) is 26.0 Å². The number of morpholine rings is 1. The SMILES string of the molecule is CCOC(=O)C1CN(c2cc(C3CC3)cn3cc(CN(N)/C=C(/C)N)nc23)CCO1. The second kappa shape index (κ2) is 8.53. The molecule has 162 valence electrons. The zero-order valence-electron chi connectivity index (χ0n) is 17.6. The molecule has 0 amide bonds. The van der Waals surface area contributed by atoms with Crippen LogP contribution < -0.4 is 16.5 Å². The molecule has 1 aliphatic heterocycles. The molecule has 0 radical (unpaired) electrons. The smallest absolute Gasteiger partial charge is 0.337 e. The highest BCUT2D eigenvalue weighted by molar-refractivity contribution is 5.77. The number of aromatic nitrogens is 2. The van der Waals surface area contributed by atoms with E-state index in [0.717, 1.165) is 17.0 Å². The number of esters is 1. The summed E-state index contributed by atoms with van der Waals surface area (Å²) in [4.78, 5) is 19.2. The molecule has 1 unspecified atom stereocenters. The number of carbonyl (C=O) groups excluding carboxylic acids is 1. The zero-order valence-corrected chi connectivity index (χ0v) is 17.6. The molecule has 1 saturated carbocycles. The Morgan fingerprint density at radius 3 is 2.93 bits per heavy atom. The second-order valence-corrected chi connectivity index (χ2v) is 8.00. The molecule has 1 aliphatic carbocycles. The van der Waals surface area contributed by atoms with Gasteiger partial charge in [0.2, 0.25) is 0 Å². The van der Waals surface area contributed by atoms with Crippen LogP contribution in [0.2, 0.25) is 0 Å². The van der Waals surface area contributed by atoms with Crippen LogP contribution in [0.15, 0.2) is 30.4 Å². The minimum absolute atomic E-state index is 0.316. The summed E-state index contributed by atoms with van der Waals surface area (Å²) in [5.41, 5.74) is 10.4. The normalized spacial score (nSPS) is 19.9. The summed E-state index contributed by atoms with van der Waals surface area (Å²) in [6, 6.07) is 2.21. The number of nitrogens with two attached hydrogens (primary N) is 2. The van der Waals surface area contributed by atoms with Crippen LogP contribution in [0, 0.1) is 0 Å². The molecular formula is C21H30N6O3. The molecule has 4 rings (SSSR count). The lowest BCUT2D eigenvalue weighted by Gasteiger charge is -2.33. The molecular weight excluding hydrogens is 384 g/mol. The summed E-state index contributed by atoms with van der Waals surface area (Å²) in [5.74, 6) is 6.30. The Bertz CT molecular complexity index is 948. The summed E-state index contributed by atoms with van der Waals surface area (Å²) in [5, 5.41) is 1.53. The van der Waals surface area contributed by atoms with E-state index in [-0.39, 0.29) is 5.97 Å². The van der Waals surface area contributed by atoms with E-state index in [1.807, 2.05) is 6.20 Å². The Hall–Kier alpha value is -2.78. The van der Waals surface area contributed by atoms with Crippen molar-refractivity contribution in [3.8, 4) is 0 Å². The third-order valence-corrected chi connectivity index (χ3v) is 5.32. The maximum atomic E-state index is 12.2. The highest BCUT2D eigenvalue weighted by atomic mass is 16.6. The fourth-order valence-corrected chi connectivity index (χ4v) is 3.84. The van der Waals surface area contributed by atoms with Crippen LogP contribution in [0.25, 0.3) is 5.65 Å². The highest BCUT2D eigenvalue weighted by Gasteiger charge is 2.31. The number of anilines is 1. The molecule has 1 saturated heterocycles. The number of allylic oxidation sites excluding steroid dienone is 1. The van der Waals surface area contributed by atoms with E-state index in [9.17, 15) is 4.79 Å². The topological polar surface area (TPSA) is 111 Å². The van der Waals surface area contributed by atoms with Crippen molar-refractivity contribution in [1.29, 1.82) is 0 Å². The Balaban J connectivity index is 1.65. The first-order valence-corrected chi connectivity index (χ1v) is 10.4. The minimum atomic E-state index is -0.588. The fraction of sp³-hybridized carbons (Fsp3) is 0.524. The number of hydrazine groups is 1. The molecule has 9 heteroatoms. The molecule has 0 aromatic carbocycles. The standard InChI is InChI=1S/C21H30N6O3/c1-3-29-21(28)19-13-25(6-7-30-19)18-8-16(15-4-5-15)10-26-11-17(24-20(18)26)12-27(23)9-14(2)22/h8-11,15,19H,3-7,12-13,22-23H2,1-2H3/b14-9-. The van der Waals surface area contributed by atoms with Crippen LogP contribution in [-0.4, -0.2) is 52.8 Å². The van der Waals surface area contributed by atoms with E-state index >= 15 is 0 Å². The minimum Gasteiger partial charge on any atom is -0.464 e. The Morgan fingerprint density at radius 1 is 1.43 bits per heavy atom. The van der Waals surface area contributed by atoms with Gasteiger partial charge in [-0.2, -0.15) is 0 Å². The van der Waals surface area contributed by atoms with Gasteiger partial charge in [0.05, 0.1) is 37.7 Å². The average Bonchev–Trinajstić information content (AvgIpc) is 3.47. The average molecular weight is 415 g/mol. The van der Waals surface area contributed by atoms with Crippen LogP contribution in [0.3, 0.4) is 0 Å². The van der Waals surface area contributed by atoms with Crippen LogP contribution >= 0.6 is 0 Å². The van der Waals surface area contributed by atoms with Gasteiger partial charge in [-0.1, -0.05) is 0 Å². The fourth-order valence-electron chi connectivity index (χ4n) is 3.84. The third kappa shape index (κ3) is 4.52. The van der Waals surface area contributed by atoms with Crippen molar-refractivity contribution in [2.24, 2.45) is 11.6 Å². The summed E-state index contributed by atoms with van der Waals surface area (Å²) >= 11 is 0. The first-order chi connectivity index (χ1) is 14.4. The lowest BCUT2D eigenvalue weighted by Crippen LogP contribution is -2.47. The second-order valence-electron chi connectivity index (χ2n) is 8.00. The molecule has 4 N–H and O–H groups in total. The highest BCUT2D eigenvalue weighted by Crippen LogP contribution is 2.42. The quantitative estimate of drug-likeness (QED) is 0.398. The van der Waals surface area contributed by atoms with Crippen molar-refractivity contribution in [2.75, 3.05) is 31.2 Å². The molecule has 3 heterocycles. The van der Waals surface area contributed by atoms with Crippen molar-refractivity contribution in [1.82, 2.24) is 14.4 Å². The number of hydrogen-bond acceptors (Lipinski definition) is 8. The van der Waals surface area contributed by atoms with Gasteiger partial charge in [0.1, 0.15) is 0 Å². The molecule has 2 aromatic rings. The van der Waals surface area contributed by atoms with E-state index < -0.39 is 6.10 Å². The molecule has 2 aromatic heterocycles. The molecule has 0 spiro atoms. The van der Waals surface area contributed by atoms with Crippen LogP contribution in [0.5, 0.6) is 0 Å². The van der Waals surface area contributed by atoms with Gasteiger partial charge in [-0.05, 0) is 44.2 Å². The maximum Gasteiger partial charge on any atom is 0.337 e. The van der Waals surface area contributed by atoms with Gasteiger partial charge in [-0.25, -0.2) is 15.6 Å². The van der Waals surface area contributed by atoms with Crippen LogP contribution in [-0.2, 0) is 20.8 Å². The number of nitrogens with zero attached hydrogens (tertiary/aromatic N) is 4. The lowest BCUT2D eigenvalue weighted by atomic mass is 10.1. The molecule has 1 atom stereocenters. The first-order valence-electron chi connectivity index (χ1n) is 10.4. The van der Waals surface area contributed by atoms with E-state index in [1.54, 1.807) is 20.0 Å². The van der Waals surface area contributed by atoms with Gasteiger partial charge < -0.3 is 29.5 Å². The number of imidazole rings is 1. The number of rotatable bonds is 7. The van der Waals surface area contributed by atoms with Gasteiger partial charge >= 0.3 is 5.97 Å². The molecule has 9 nitrogen and oxygen atoms in total.